The highest BCUT2D eigenvalue weighted by Crippen LogP contribution is 2.34. The number of benzene rings is 1. The van der Waals surface area contributed by atoms with E-state index in [1.807, 2.05) is 0 Å². The first-order valence-corrected chi connectivity index (χ1v) is 6.29. The molecule has 0 aromatic heterocycles. The van der Waals surface area contributed by atoms with Gasteiger partial charge in [0.25, 0.3) is 0 Å². The highest BCUT2D eigenvalue weighted by molar-refractivity contribution is 5.89. The topological polar surface area (TPSA) is 26.3 Å². The van der Waals surface area contributed by atoms with E-state index in [0.717, 1.165) is 12.0 Å². The van der Waals surface area contributed by atoms with Crippen LogP contribution in [0.3, 0.4) is 0 Å². The van der Waals surface area contributed by atoms with Crippen molar-refractivity contribution in [1.82, 2.24) is 0 Å². The van der Waals surface area contributed by atoms with Gasteiger partial charge in [0.2, 0.25) is 0 Å². The first-order chi connectivity index (χ1) is 8.10. The second kappa shape index (κ2) is 4.61. The van der Waals surface area contributed by atoms with E-state index in [-0.39, 0.29) is 11.2 Å². The number of ketones is 1. The Balaban J connectivity index is 2.26. The monoisotopic (exact) mass is 232 g/mol. The van der Waals surface area contributed by atoms with Crippen molar-refractivity contribution in [2.45, 2.75) is 38.5 Å². The predicted molar refractivity (Wildman–Crippen MR) is 68.3 cm³/mol. The third-order valence-electron chi connectivity index (χ3n) is 4.02. The quantitative estimate of drug-likeness (QED) is 0.797. The standard InChI is InChI=1S/C15H20O2/c1-4-11(2)13-5-7-14(8-6-13)15(12(3)16)9-17-10-15/h5-8,11H,4,9-10H2,1-3H3. The van der Waals surface area contributed by atoms with Gasteiger partial charge in [-0.15, -0.1) is 0 Å². The van der Waals surface area contributed by atoms with E-state index in [9.17, 15) is 4.79 Å². The molecule has 92 valence electrons. The summed E-state index contributed by atoms with van der Waals surface area (Å²) < 4.78 is 5.23. The second-order valence-electron chi connectivity index (χ2n) is 5.06. The van der Waals surface area contributed by atoms with Crippen molar-refractivity contribution < 1.29 is 9.53 Å². The third kappa shape index (κ3) is 2.02. The molecule has 1 heterocycles. The molecule has 0 aliphatic carbocycles. The van der Waals surface area contributed by atoms with E-state index >= 15 is 0 Å². The predicted octanol–water partition coefficient (Wildman–Crippen LogP) is 3.06. The average Bonchev–Trinajstić information content (AvgIpc) is 2.27. The molecular formula is C15H20O2. The van der Waals surface area contributed by atoms with Crippen molar-refractivity contribution in [3.63, 3.8) is 0 Å². The molecule has 2 nitrogen and oxygen atoms in total. The first kappa shape index (κ1) is 12.3. The number of Topliss-reactive ketones (excluding diaryl/α,β-unsaturated/α-hetero) is 1. The fraction of sp³-hybridized carbons (Fsp3) is 0.533. The molecule has 1 aliphatic heterocycles. The molecule has 0 radical (unpaired) electrons. The Morgan fingerprint density at radius 3 is 2.29 bits per heavy atom. The highest BCUT2D eigenvalue weighted by Gasteiger charge is 2.44. The lowest BCUT2D eigenvalue weighted by Crippen LogP contribution is -2.52. The zero-order valence-corrected chi connectivity index (χ0v) is 10.8. The molecule has 1 unspecified atom stereocenters. The highest BCUT2D eigenvalue weighted by atomic mass is 16.5. The molecule has 1 aromatic rings. The molecule has 1 saturated heterocycles. The summed E-state index contributed by atoms with van der Waals surface area (Å²) in [5.74, 6) is 0.787. The second-order valence-corrected chi connectivity index (χ2v) is 5.06. The van der Waals surface area contributed by atoms with Crippen LogP contribution in [-0.4, -0.2) is 19.0 Å². The van der Waals surface area contributed by atoms with Crippen molar-refractivity contribution in [1.29, 1.82) is 0 Å². The Morgan fingerprint density at radius 2 is 1.94 bits per heavy atom. The minimum Gasteiger partial charge on any atom is -0.378 e. The van der Waals surface area contributed by atoms with Gasteiger partial charge in [-0.2, -0.15) is 0 Å². The fourth-order valence-electron chi connectivity index (χ4n) is 2.25. The fourth-order valence-corrected chi connectivity index (χ4v) is 2.25. The minimum absolute atomic E-state index is 0.208. The van der Waals surface area contributed by atoms with Crippen LogP contribution in [0.15, 0.2) is 24.3 Å². The minimum atomic E-state index is -0.367. The van der Waals surface area contributed by atoms with E-state index in [4.69, 9.17) is 4.74 Å². The van der Waals surface area contributed by atoms with Gasteiger partial charge < -0.3 is 4.74 Å². The third-order valence-corrected chi connectivity index (χ3v) is 4.02. The summed E-state index contributed by atoms with van der Waals surface area (Å²) in [6, 6.07) is 8.47. The Morgan fingerprint density at radius 1 is 1.35 bits per heavy atom. The van der Waals surface area contributed by atoms with Crippen molar-refractivity contribution >= 4 is 5.78 Å². The lowest BCUT2D eigenvalue weighted by Gasteiger charge is -2.39. The van der Waals surface area contributed by atoms with Crippen LogP contribution in [-0.2, 0) is 14.9 Å². The average molecular weight is 232 g/mol. The molecule has 1 fully saturated rings. The molecule has 0 amide bonds. The number of hydrogen-bond donors (Lipinski definition) is 0. The summed E-state index contributed by atoms with van der Waals surface area (Å²) in [5.41, 5.74) is 2.08. The van der Waals surface area contributed by atoms with Crippen LogP contribution in [0.1, 0.15) is 44.2 Å². The zero-order valence-electron chi connectivity index (χ0n) is 10.8. The van der Waals surface area contributed by atoms with Gasteiger partial charge in [-0.05, 0) is 30.4 Å². The number of carbonyl (C=O) groups excluding carboxylic acids is 1. The normalized spacial score (nSPS) is 19.5. The number of rotatable bonds is 4. The van der Waals surface area contributed by atoms with Gasteiger partial charge in [0.05, 0.1) is 13.2 Å². The maximum absolute atomic E-state index is 11.7. The van der Waals surface area contributed by atoms with Crippen LogP contribution >= 0.6 is 0 Å². The van der Waals surface area contributed by atoms with Crippen molar-refractivity contribution in [2.75, 3.05) is 13.2 Å². The number of carbonyl (C=O) groups is 1. The maximum Gasteiger partial charge on any atom is 0.145 e. The SMILES string of the molecule is CCC(C)c1ccc(C2(C(C)=O)COC2)cc1. The van der Waals surface area contributed by atoms with Crippen molar-refractivity contribution in [3.8, 4) is 0 Å². The largest absolute Gasteiger partial charge is 0.378 e. The van der Waals surface area contributed by atoms with Gasteiger partial charge >= 0.3 is 0 Å². The Hall–Kier alpha value is -1.15. The lowest BCUT2D eigenvalue weighted by molar-refractivity contribution is -0.140. The summed E-state index contributed by atoms with van der Waals surface area (Å²) >= 11 is 0. The van der Waals surface area contributed by atoms with Gasteiger partial charge in [-0.25, -0.2) is 0 Å². The summed E-state index contributed by atoms with van der Waals surface area (Å²) in [5, 5.41) is 0. The smallest absolute Gasteiger partial charge is 0.145 e. The molecule has 1 atom stereocenters. The van der Waals surface area contributed by atoms with Crippen LogP contribution in [0.4, 0.5) is 0 Å². The van der Waals surface area contributed by atoms with Crippen LogP contribution < -0.4 is 0 Å². The summed E-state index contributed by atoms with van der Waals surface area (Å²) in [7, 11) is 0. The van der Waals surface area contributed by atoms with E-state index < -0.39 is 0 Å². The van der Waals surface area contributed by atoms with E-state index in [0.29, 0.717) is 19.1 Å². The Labute approximate surface area is 103 Å². The van der Waals surface area contributed by atoms with E-state index in [1.165, 1.54) is 5.56 Å². The van der Waals surface area contributed by atoms with Gasteiger partial charge in [-0.3, -0.25) is 4.79 Å². The number of ether oxygens (including phenoxy) is 1. The zero-order chi connectivity index (χ0) is 12.5. The van der Waals surface area contributed by atoms with Crippen molar-refractivity contribution in [3.05, 3.63) is 35.4 Å². The molecule has 2 heteroatoms. The van der Waals surface area contributed by atoms with E-state index in [1.54, 1.807) is 6.92 Å². The first-order valence-electron chi connectivity index (χ1n) is 6.29. The molecule has 0 bridgehead atoms. The van der Waals surface area contributed by atoms with Gasteiger partial charge in [-0.1, -0.05) is 38.1 Å². The summed E-state index contributed by atoms with van der Waals surface area (Å²) in [6.07, 6.45) is 1.14. The van der Waals surface area contributed by atoms with E-state index in [2.05, 4.69) is 38.1 Å². The number of hydrogen-bond acceptors (Lipinski definition) is 2. The van der Waals surface area contributed by atoms with Crippen LogP contribution in [0.2, 0.25) is 0 Å². The molecule has 0 N–H and O–H groups in total. The molecule has 17 heavy (non-hydrogen) atoms. The van der Waals surface area contributed by atoms with Crippen LogP contribution in [0.5, 0.6) is 0 Å². The maximum atomic E-state index is 11.7. The summed E-state index contributed by atoms with van der Waals surface area (Å²) in [6.45, 7) is 7.14. The molecule has 0 spiro atoms. The molecular weight excluding hydrogens is 212 g/mol. The molecule has 0 saturated carbocycles. The van der Waals surface area contributed by atoms with Crippen molar-refractivity contribution in [2.24, 2.45) is 0 Å². The lowest BCUT2D eigenvalue weighted by atomic mass is 9.75. The molecule has 2 rings (SSSR count). The summed E-state index contributed by atoms with van der Waals surface area (Å²) in [4.78, 5) is 11.7. The van der Waals surface area contributed by atoms with Gasteiger partial charge in [0.15, 0.2) is 0 Å². The molecule has 1 aromatic carbocycles. The Bertz CT molecular complexity index is 401. The molecule has 1 aliphatic rings. The Kier molecular flexibility index (Phi) is 3.34. The van der Waals surface area contributed by atoms with Gasteiger partial charge in [0, 0.05) is 0 Å². The van der Waals surface area contributed by atoms with Crippen LogP contribution in [0.25, 0.3) is 0 Å². The van der Waals surface area contributed by atoms with Crippen LogP contribution in [0, 0.1) is 0 Å². The van der Waals surface area contributed by atoms with Gasteiger partial charge in [0.1, 0.15) is 11.2 Å².